The fourth-order valence-corrected chi connectivity index (χ4v) is 2.71. The van der Waals surface area contributed by atoms with Crippen molar-refractivity contribution in [1.82, 2.24) is 4.98 Å². The van der Waals surface area contributed by atoms with Crippen LogP contribution in [0.15, 0.2) is 23.6 Å². The summed E-state index contributed by atoms with van der Waals surface area (Å²) < 4.78 is 5.34. The number of carboxylic acid groups (broad SMARTS) is 1. The number of hydrogen-bond acceptors (Lipinski definition) is 5. The lowest BCUT2D eigenvalue weighted by molar-refractivity contribution is -0.142. The van der Waals surface area contributed by atoms with Gasteiger partial charge in [-0.25, -0.2) is 4.98 Å². The maximum Gasteiger partial charge on any atom is 0.315 e. The van der Waals surface area contributed by atoms with Crippen LogP contribution < -0.4 is 4.74 Å². The zero-order valence-electron chi connectivity index (χ0n) is 12.1. The zero-order chi connectivity index (χ0) is 15.6. The highest BCUT2D eigenvalue weighted by molar-refractivity contribution is 7.13. The Morgan fingerprint density at radius 3 is 2.76 bits per heavy atom. The van der Waals surface area contributed by atoms with Crippen LogP contribution in [0.4, 0.5) is 0 Å². The Morgan fingerprint density at radius 1 is 1.43 bits per heavy atom. The molecule has 1 heterocycles. The molecule has 2 aromatic rings. The van der Waals surface area contributed by atoms with Crippen molar-refractivity contribution in [3.63, 3.8) is 0 Å². The molecule has 0 bridgehead atoms. The summed E-state index contributed by atoms with van der Waals surface area (Å²) in [6, 6.07) is 4.98. The lowest BCUT2D eigenvalue weighted by Crippen LogP contribution is -2.28. The minimum Gasteiger partial charge on any atom is -0.504 e. The van der Waals surface area contributed by atoms with E-state index in [-0.39, 0.29) is 5.75 Å². The molecule has 5 nitrogen and oxygen atoms in total. The molecule has 0 atom stereocenters. The lowest BCUT2D eigenvalue weighted by Gasteiger charge is -2.15. The average Bonchev–Trinajstić information content (AvgIpc) is 2.91. The summed E-state index contributed by atoms with van der Waals surface area (Å²) in [5, 5.41) is 21.4. The third-order valence-electron chi connectivity index (χ3n) is 3.19. The van der Waals surface area contributed by atoms with Crippen molar-refractivity contribution in [2.75, 3.05) is 6.61 Å². The summed E-state index contributed by atoms with van der Waals surface area (Å²) in [6.07, 6.45) is 0. The Kier molecular flexibility index (Phi) is 4.18. The molecule has 0 unspecified atom stereocenters. The van der Waals surface area contributed by atoms with Gasteiger partial charge in [-0.1, -0.05) is 0 Å². The van der Waals surface area contributed by atoms with Crippen LogP contribution in [0.3, 0.4) is 0 Å². The minimum atomic E-state index is -1.03. The number of aliphatic carboxylic acids is 1. The van der Waals surface area contributed by atoms with Gasteiger partial charge in [-0.15, -0.1) is 11.3 Å². The maximum absolute atomic E-state index is 11.3. The molecule has 21 heavy (non-hydrogen) atoms. The standard InChI is InChI=1S/C15H17NO4S/c1-4-20-11-7-9(5-6-10(11)17)13-16-12(8-21-13)15(2,3)14(18)19/h5-8,17H,4H2,1-3H3,(H,18,19). The normalized spacial score (nSPS) is 11.4. The van der Waals surface area contributed by atoms with Gasteiger partial charge in [0.15, 0.2) is 11.5 Å². The number of thiazole rings is 1. The number of phenolic OH excluding ortho intramolecular Hbond substituents is 1. The monoisotopic (exact) mass is 307 g/mol. The molecule has 0 amide bonds. The predicted octanol–water partition coefficient (Wildman–Crippen LogP) is 3.28. The van der Waals surface area contributed by atoms with E-state index in [9.17, 15) is 15.0 Å². The largest absolute Gasteiger partial charge is 0.504 e. The number of rotatable bonds is 5. The Hall–Kier alpha value is -2.08. The molecule has 0 aliphatic carbocycles. The van der Waals surface area contributed by atoms with Gasteiger partial charge in [-0.05, 0) is 39.0 Å². The Morgan fingerprint density at radius 2 is 2.14 bits per heavy atom. The van der Waals surface area contributed by atoms with Crippen molar-refractivity contribution >= 4 is 17.3 Å². The van der Waals surface area contributed by atoms with Crippen LogP contribution in [0, 0.1) is 0 Å². The summed E-state index contributed by atoms with van der Waals surface area (Å²) in [5.41, 5.74) is 0.267. The highest BCUT2D eigenvalue weighted by Crippen LogP contribution is 2.35. The third kappa shape index (κ3) is 3.00. The molecular weight excluding hydrogens is 290 g/mol. The molecule has 112 valence electrons. The summed E-state index contributed by atoms with van der Waals surface area (Å²) in [5.74, 6) is -0.451. The number of hydrogen-bond donors (Lipinski definition) is 2. The van der Waals surface area contributed by atoms with Crippen molar-refractivity contribution < 1.29 is 19.7 Å². The van der Waals surface area contributed by atoms with Crippen molar-refractivity contribution in [1.29, 1.82) is 0 Å². The van der Waals surface area contributed by atoms with Crippen molar-refractivity contribution in [2.24, 2.45) is 0 Å². The van der Waals surface area contributed by atoms with E-state index in [0.29, 0.717) is 23.1 Å². The van der Waals surface area contributed by atoms with Crippen LogP contribution in [0.2, 0.25) is 0 Å². The maximum atomic E-state index is 11.3. The number of nitrogens with zero attached hydrogens (tertiary/aromatic N) is 1. The fourth-order valence-electron chi connectivity index (χ4n) is 1.72. The topological polar surface area (TPSA) is 79.7 Å². The number of phenols is 1. The number of aromatic hydroxyl groups is 1. The summed E-state index contributed by atoms with van der Waals surface area (Å²) in [6.45, 7) is 5.53. The molecule has 0 saturated carbocycles. The first-order chi connectivity index (χ1) is 9.86. The smallest absolute Gasteiger partial charge is 0.315 e. The van der Waals surface area contributed by atoms with Crippen LogP contribution in [0.25, 0.3) is 10.6 Å². The molecule has 1 aromatic carbocycles. The molecule has 0 aliphatic rings. The first kappa shape index (κ1) is 15.3. The molecule has 6 heteroatoms. The summed E-state index contributed by atoms with van der Waals surface area (Å²) in [4.78, 5) is 15.7. The molecule has 0 saturated heterocycles. The van der Waals surface area contributed by atoms with Gasteiger partial charge in [-0.2, -0.15) is 0 Å². The highest BCUT2D eigenvalue weighted by atomic mass is 32.1. The van der Waals surface area contributed by atoms with Gasteiger partial charge in [0.2, 0.25) is 0 Å². The van der Waals surface area contributed by atoms with Crippen molar-refractivity contribution in [3.05, 3.63) is 29.3 Å². The van der Waals surface area contributed by atoms with E-state index in [1.54, 1.807) is 37.4 Å². The Bertz CT molecular complexity index is 663. The number of aromatic nitrogens is 1. The molecule has 2 N–H and O–H groups in total. The van der Waals surface area contributed by atoms with E-state index in [0.717, 1.165) is 5.56 Å². The Labute approximate surface area is 126 Å². The van der Waals surface area contributed by atoms with Gasteiger partial charge in [0.1, 0.15) is 10.4 Å². The van der Waals surface area contributed by atoms with E-state index < -0.39 is 11.4 Å². The van der Waals surface area contributed by atoms with E-state index in [1.165, 1.54) is 11.3 Å². The SMILES string of the molecule is CCOc1cc(-c2nc(C(C)(C)C(=O)O)cs2)ccc1O. The first-order valence-corrected chi connectivity index (χ1v) is 7.39. The van der Waals surface area contributed by atoms with E-state index in [2.05, 4.69) is 4.98 Å². The summed E-state index contributed by atoms with van der Waals surface area (Å²) >= 11 is 1.37. The molecule has 0 spiro atoms. The Balaban J connectivity index is 2.38. The predicted molar refractivity (Wildman–Crippen MR) is 81.0 cm³/mol. The third-order valence-corrected chi connectivity index (χ3v) is 4.08. The van der Waals surface area contributed by atoms with Crippen LogP contribution in [-0.2, 0) is 10.2 Å². The second-order valence-corrected chi connectivity index (χ2v) is 5.94. The number of carboxylic acids is 1. The zero-order valence-corrected chi connectivity index (χ0v) is 12.9. The lowest BCUT2D eigenvalue weighted by atomic mass is 9.90. The van der Waals surface area contributed by atoms with Crippen molar-refractivity contribution in [3.8, 4) is 22.1 Å². The fraction of sp³-hybridized carbons (Fsp3) is 0.333. The molecule has 0 fully saturated rings. The number of ether oxygens (including phenoxy) is 1. The second-order valence-electron chi connectivity index (χ2n) is 5.08. The quantitative estimate of drug-likeness (QED) is 0.886. The molecule has 2 rings (SSSR count). The second kappa shape index (κ2) is 5.73. The molecule has 0 radical (unpaired) electrons. The first-order valence-electron chi connectivity index (χ1n) is 6.51. The van der Waals surface area contributed by atoms with Crippen LogP contribution in [0.5, 0.6) is 11.5 Å². The van der Waals surface area contributed by atoms with Gasteiger partial charge < -0.3 is 14.9 Å². The molecule has 1 aromatic heterocycles. The molecule has 0 aliphatic heterocycles. The van der Waals surface area contributed by atoms with E-state index >= 15 is 0 Å². The number of benzene rings is 1. The number of carbonyl (C=O) groups is 1. The average molecular weight is 307 g/mol. The van der Waals surface area contributed by atoms with E-state index in [4.69, 9.17) is 4.74 Å². The van der Waals surface area contributed by atoms with Gasteiger partial charge in [0.05, 0.1) is 12.3 Å². The van der Waals surface area contributed by atoms with Gasteiger partial charge in [0.25, 0.3) is 0 Å². The van der Waals surface area contributed by atoms with Crippen LogP contribution >= 0.6 is 11.3 Å². The highest BCUT2D eigenvalue weighted by Gasteiger charge is 2.32. The minimum absolute atomic E-state index is 0.0724. The summed E-state index contributed by atoms with van der Waals surface area (Å²) in [7, 11) is 0. The van der Waals surface area contributed by atoms with Gasteiger partial charge >= 0.3 is 5.97 Å². The van der Waals surface area contributed by atoms with Gasteiger partial charge in [0, 0.05) is 10.9 Å². The van der Waals surface area contributed by atoms with E-state index in [1.807, 2.05) is 6.92 Å². The van der Waals surface area contributed by atoms with Crippen LogP contribution in [-0.4, -0.2) is 27.8 Å². The molecular formula is C15H17NO4S. The van der Waals surface area contributed by atoms with Crippen molar-refractivity contribution in [2.45, 2.75) is 26.2 Å². The van der Waals surface area contributed by atoms with Crippen LogP contribution in [0.1, 0.15) is 26.5 Å². The van der Waals surface area contributed by atoms with Gasteiger partial charge in [-0.3, -0.25) is 4.79 Å².